The number of hydrogen-bond donors (Lipinski definition) is 1. The first kappa shape index (κ1) is 10.5. The Labute approximate surface area is 92.1 Å². The Bertz CT molecular complexity index is 318. The van der Waals surface area contributed by atoms with Gasteiger partial charge in [0.25, 0.3) is 0 Å². The average molecular weight is 204 g/mol. The van der Waals surface area contributed by atoms with Gasteiger partial charge in [-0.3, -0.25) is 4.90 Å². The summed E-state index contributed by atoms with van der Waals surface area (Å²) in [6.07, 6.45) is 1.33. The Hall–Kier alpha value is -1.02. The summed E-state index contributed by atoms with van der Waals surface area (Å²) in [5.41, 5.74) is 7.89. The molecule has 2 atom stereocenters. The van der Waals surface area contributed by atoms with Gasteiger partial charge in [-0.1, -0.05) is 19.1 Å². The first-order valence-corrected chi connectivity index (χ1v) is 5.73. The van der Waals surface area contributed by atoms with Crippen LogP contribution in [0.25, 0.3) is 0 Å². The highest BCUT2D eigenvalue weighted by atomic mass is 15.2. The average Bonchev–Trinajstić information content (AvgIpc) is 2.49. The molecule has 82 valence electrons. The molecule has 2 heteroatoms. The summed E-state index contributed by atoms with van der Waals surface area (Å²) in [7, 11) is 0. The van der Waals surface area contributed by atoms with E-state index in [1.54, 1.807) is 0 Å². The molecule has 1 fully saturated rings. The maximum atomic E-state index is 5.67. The van der Waals surface area contributed by atoms with Crippen molar-refractivity contribution in [2.24, 2.45) is 5.92 Å². The molecule has 1 saturated heterocycles. The number of nitrogens with two attached hydrogens (primary N) is 1. The van der Waals surface area contributed by atoms with E-state index in [0.29, 0.717) is 0 Å². The number of nitrogen functional groups attached to an aromatic ring is 1. The molecule has 2 nitrogen and oxygen atoms in total. The summed E-state index contributed by atoms with van der Waals surface area (Å²) >= 11 is 0. The van der Waals surface area contributed by atoms with Gasteiger partial charge in [-0.2, -0.15) is 0 Å². The number of hydrogen-bond acceptors (Lipinski definition) is 2. The van der Waals surface area contributed by atoms with E-state index in [-0.39, 0.29) is 0 Å². The summed E-state index contributed by atoms with van der Waals surface area (Å²) < 4.78 is 0. The van der Waals surface area contributed by atoms with Gasteiger partial charge in [0, 0.05) is 24.8 Å². The van der Waals surface area contributed by atoms with Crippen LogP contribution in [0.1, 0.15) is 25.8 Å². The van der Waals surface area contributed by atoms with Gasteiger partial charge in [0.2, 0.25) is 0 Å². The third-order valence-corrected chi connectivity index (χ3v) is 3.28. The molecule has 1 aliphatic heterocycles. The highest BCUT2D eigenvalue weighted by Gasteiger charge is 2.25. The molecule has 0 spiro atoms. The third kappa shape index (κ3) is 2.51. The van der Waals surface area contributed by atoms with Gasteiger partial charge in [-0.25, -0.2) is 0 Å². The monoisotopic (exact) mass is 204 g/mol. The molecular weight excluding hydrogens is 184 g/mol. The predicted molar refractivity (Wildman–Crippen MR) is 64.5 cm³/mol. The number of rotatable bonds is 2. The molecule has 0 aromatic heterocycles. The minimum Gasteiger partial charge on any atom is -0.399 e. The lowest BCUT2D eigenvalue weighted by atomic mass is 10.1. The molecule has 0 radical (unpaired) electrons. The number of nitrogens with zero attached hydrogens (tertiary/aromatic N) is 1. The van der Waals surface area contributed by atoms with Crippen molar-refractivity contribution in [3.05, 3.63) is 29.8 Å². The Kier molecular flexibility index (Phi) is 2.96. The second kappa shape index (κ2) is 4.23. The molecule has 15 heavy (non-hydrogen) atoms. The van der Waals surface area contributed by atoms with E-state index < -0.39 is 0 Å². The molecule has 0 aliphatic carbocycles. The van der Waals surface area contributed by atoms with Crippen molar-refractivity contribution in [2.45, 2.75) is 32.9 Å². The van der Waals surface area contributed by atoms with E-state index in [1.165, 1.54) is 18.5 Å². The van der Waals surface area contributed by atoms with Gasteiger partial charge >= 0.3 is 0 Å². The van der Waals surface area contributed by atoms with Crippen LogP contribution in [0.5, 0.6) is 0 Å². The van der Waals surface area contributed by atoms with Crippen molar-refractivity contribution >= 4 is 5.69 Å². The van der Waals surface area contributed by atoms with Crippen LogP contribution in [0, 0.1) is 5.92 Å². The van der Waals surface area contributed by atoms with Crippen LogP contribution in [0.2, 0.25) is 0 Å². The minimum absolute atomic E-state index is 0.720. The molecule has 0 saturated carbocycles. The fourth-order valence-corrected chi connectivity index (χ4v) is 2.46. The van der Waals surface area contributed by atoms with E-state index in [2.05, 4.69) is 30.9 Å². The van der Waals surface area contributed by atoms with Crippen molar-refractivity contribution in [1.82, 2.24) is 4.90 Å². The van der Waals surface area contributed by atoms with Gasteiger partial charge < -0.3 is 5.73 Å². The lowest BCUT2D eigenvalue weighted by molar-refractivity contribution is 0.256. The zero-order valence-electron chi connectivity index (χ0n) is 9.61. The van der Waals surface area contributed by atoms with Crippen LogP contribution in [0.15, 0.2) is 24.3 Å². The summed E-state index contributed by atoms with van der Waals surface area (Å²) in [5.74, 6) is 0.841. The molecule has 2 unspecified atom stereocenters. The highest BCUT2D eigenvalue weighted by molar-refractivity contribution is 5.39. The summed E-state index contributed by atoms with van der Waals surface area (Å²) in [4.78, 5) is 2.55. The Morgan fingerprint density at radius 2 is 1.93 bits per heavy atom. The second-order valence-electron chi connectivity index (χ2n) is 4.86. The fourth-order valence-electron chi connectivity index (χ4n) is 2.46. The lowest BCUT2D eigenvalue weighted by Gasteiger charge is -2.20. The molecule has 0 amide bonds. The van der Waals surface area contributed by atoms with Crippen LogP contribution < -0.4 is 5.73 Å². The SMILES string of the molecule is CC1CC(C)N(Cc2ccc(N)cc2)C1. The zero-order chi connectivity index (χ0) is 10.8. The molecule has 1 aromatic carbocycles. The maximum Gasteiger partial charge on any atom is 0.0314 e. The van der Waals surface area contributed by atoms with E-state index in [1.807, 2.05) is 12.1 Å². The van der Waals surface area contributed by atoms with Crippen molar-refractivity contribution in [1.29, 1.82) is 0 Å². The fraction of sp³-hybridized carbons (Fsp3) is 0.538. The largest absolute Gasteiger partial charge is 0.399 e. The van der Waals surface area contributed by atoms with Crippen LogP contribution >= 0.6 is 0 Å². The Balaban J connectivity index is 2.00. The smallest absolute Gasteiger partial charge is 0.0314 e. The molecular formula is C13H20N2. The van der Waals surface area contributed by atoms with Crippen molar-refractivity contribution in [3.8, 4) is 0 Å². The molecule has 2 N–H and O–H groups in total. The summed E-state index contributed by atoms with van der Waals surface area (Å²) in [6, 6.07) is 8.95. The van der Waals surface area contributed by atoms with Gasteiger partial charge in [-0.05, 0) is 37.0 Å². The van der Waals surface area contributed by atoms with Crippen LogP contribution in [-0.2, 0) is 6.54 Å². The quantitative estimate of drug-likeness (QED) is 0.750. The van der Waals surface area contributed by atoms with Gasteiger partial charge in [-0.15, -0.1) is 0 Å². The van der Waals surface area contributed by atoms with E-state index in [9.17, 15) is 0 Å². The van der Waals surface area contributed by atoms with Crippen LogP contribution in [-0.4, -0.2) is 17.5 Å². The topological polar surface area (TPSA) is 29.3 Å². The Morgan fingerprint density at radius 3 is 2.47 bits per heavy atom. The van der Waals surface area contributed by atoms with E-state index in [0.717, 1.165) is 24.2 Å². The third-order valence-electron chi connectivity index (χ3n) is 3.28. The highest BCUT2D eigenvalue weighted by Crippen LogP contribution is 2.24. The van der Waals surface area contributed by atoms with Crippen molar-refractivity contribution in [3.63, 3.8) is 0 Å². The summed E-state index contributed by atoms with van der Waals surface area (Å²) in [5, 5.41) is 0. The van der Waals surface area contributed by atoms with Gasteiger partial charge in [0.15, 0.2) is 0 Å². The van der Waals surface area contributed by atoms with Crippen LogP contribution in [0.3, 0.4) is 0 Å². The second-order valence-corrected chi connectivity index (χ2v) is 4.86. The van der Waals surface area contributed by atoms with Crippen LogP contribution in [0.4, 0.5) is 5.69 Å². The zero-order valence-corrected chi connectivity index (χ0v) is 9.61. The normalized spacial score (nSPS) is 27.1. The Morgan fingerprint density at radius 1 is 1.27 bits per heavy atom. The lowest BCUT2D eigenvalue weighted by Crippen LogP contribution is -2.26. The van der Waals surface area contributed by atoms with E-state index in [4.69, 9.17) is 5.73 Å². The number of benzene rings is 1. The molecule has 1 aliphatic rings. The molecule has 1 heterocycles. The summed E-state index contributed by atoms with van der Waals surface area (Å²) in [6.45, 7) is 6.94. The van der Waals surface area contributed by atoms with Crippen molar-refractivity contribution in [2.75, 3.05) is 12.3 Å². The first-order valence-electron chi connectivity index (χ1n) is 5.73. The molecule has 2 rings (SSSR count). The number of likely N-dealkylation sites (tertiary alicyclic amines) is 1. The minimum atomic E-state index is 0.720. The van der Waals surface area contributed by atoms with E-state index >= 15 is 0 Å². The van der Waals surface area contributed by atoms with Gasteiger partial charge in [0.05, 0.1) is 0 Å². The van der Waals surface area contributed by atoms with Crippen molar-refractivity contribution < 1.29 is 0 Å². The first-order chi connectivity index (χ1) is 7.15. The molecule has 0 bridgehead atoms. The molecule has 1 aromatic rings. The maximum absolute atomic E-state index is 5.67. The number of anilines is 1. The predicted octanol–water partition coefficient (Wildman–Crippen LogP) is 2.50. The standard InChI is InChI=1S/C13H20N2/c1-10-7-11(2)15(8-10)9-12-3-5-13(14)6-4-12/h3-6,10-11H,7-9,14H2,1-2H3. The van der Waals surface area contributed by atoms with Gasteiger partial charge in [0.1, 0.15) is 0 Å².